The molecule has 11 rings (SSSR count). The normalized spacial score (nSPS) is 19.1. The lowest BCUT2D eigenvalue weighted by molar-refractivity contribution is 0.330. The highest BCUT2D eigenvalue weighted by atomic mass is 32.2. The Kier molecular flexibility index (Phi) is 10.3. The third kappa shape index (κ3) is 7.46. The van der Waals surface area contributed by atoms with Crippen molar-refractivity contribution < 1.29 is 0 Å². The zero-order valence-electron chi connectivity index (χ0n) is 43.3. The number of aryl methyl sites for hydroxylation is 1. The maximum atomic E-state index is 2.79. The third-order valence-corrected chi connectivity index (χ3v) is 17.6. The number of hydrogen-bond acceptors (Lipinski definition) is 3. The molecule has 0 bridgehead atoms. The lowest BCUT2D eigenvalue weighted by atomic mass is 9.33. The van der Waals surface area contributed by atoms with Crippen molar-refractivity contribution in [1.82, 2.24) is 0 Å². The van der Waals surface area contributed by atoms with Gasteiger partial charge in [-0.05, 0) is 174 Å². The van der Waals surface area contributed by atoms with Crippen LogP contribution in [0.15, 0.2) is 132 Å². The van der Waals surface area contributed by atoms with Gasteiger partial charge in [0.1, 0.15) is 0 Å². The molecule has 1 aliphatic carbocycles. The number of fused-ring (bicyclic) bond motifs is 8. The molecule has 4 heteroatoms. The van der Waals surface area contributed by atoms with Crippen LogP contribution in [0.5, 0.6) is 0 Å². The van der Waals surface area contributed by atoms with Crippen molar-refractivity contribution in [3.8, 4) is 11.1 Å². The molecule has 0 N–H and O–H groups in total. The number of benzene rings is 7. The quantitative estimate of drug-likeness (QED) is 0.163. The lowest BCUT2D eigenvalue weighted by Gasteiger charge is -2.49. The van der Waals surface area contributed by atoms with Crippen LogP contribution in [0.2, 0.25) is 0 Å². The first-order valence-electron chi connectivity index (χ1n) is 25.4. The summed E-state index contributed by atoms with van der Waals surface area (Å²) in [6.07, 6.45) is 3.42. The summed E-state index contributed by atoms with van der Waals surface area (Å²) in [5, 5.41) is 2.79. The van der Waals surface area contributed by atoms with Crippen LogP contribution < -0.4 is 20.7 Å². The van der Waals surface area contributed by atoms with E-state index in [0.29, 0.717) is 0 Å². The first-order chi connectivity index (χ1) is 32.0. The summed E-state index contributed by atoms with van der Waals surface area (Å²) in [6.45, 7) is 33.6. The van der Waals surface area contributed by atoms with E-state index < -0.39 is 0 Å². The SMILES string of the molecule is Cc1cc2c3c(c1)N(c1ccc(C(C)(C)C)cc1)C1c4cc5c(cc4SC1B3c1ccc(CC(C)(C)C)cc1N2c1ccc(C(C)(C)C)cc1-c1ccc2ccccc2c1)C(C)(C)CCC5(C)C. The van der Waals surface area contributed by atoms with E-state index in [1.807, 2.05) is 0 Å². The molecule has 3 aliphatic heterocycles. The summed E-state index contributed by atoms with van der Waals surface area (Å²) in [4.78, 5) is 6.95. The highest BCUT2D eigenvalue weighted by Crippen LogP contribution is 2.59. The number of thioether (sulfide) groups is 1. The molecule has 3 heterocycles. The lowest BCUT2D eigenvalue weighted by Crippen LogP contribution is -2.62. The summed E-state index contributed by atoms with van der Waals surface area (Å²) in [6, 6.07) is 51.0. The minimum Gasteiger partial charge on any atom is -0.334 e. The minimum absolute atomic E-state index is 0.0200. The van der Waals surface area contributed by atoms with Gasteiger partial charge in [0.15, 0.2) is 0 Å². The van der Waals surface area contributed by atoms with Gasteiger partial charge >= 0.3 is 0 Å². The molecule has 346 valence electrons. The summed E-state index contributed by atoms with van der Waals surface area (Å²) >= 11 is 2.16. The van der Waals surface area contributed by atoms with Gasteiger partial charge in [-0.2, -0.15) is 0 Å². The minimum atomic E-state index is -0.0200. The van der Waals surface area contributed by atoms with Gasteiger partial charge in [0, 0.05) is 38.4 Å². The van der Waals surface area contributed by atoms with Crippen molar-refractivity contribution in [3.63, 3.8) is 0 Å². The number of hydrogen-bond donors (Lipinski definition) is 0. The predicted octanol–water partition coefficient (Wildman–Crippen LogP) is 16.6. The Morgan fingerprint density at radius 1 is 0.603 bits per heavy atom. The van der Waals surface area contributed by atoms with Crippen LogP contribution in [0.1, 0.15) is 148 Å². The van der Waals surface area contributed by atoms with Crippen molar-refractivity contribution in [2.75, 3.05) is 9.80 Å². The van der Waals surface area contributed by atoms with Crippen LogP contribution in [-0.2, 0) is 28.1 Å². The van der Waals surface area contributed by atoms with Gasteiger partial charge in [0.05, 0.1) is 11.7 Å². The van der Waals surface area contributed by atoms with Crippen LogP contribution in [0, 0.1) is 12.3 Å². The molecule has 0 saturated heterocycles. The number of nitrogens with zero attached hydrogens (tertiary/aromatic N) is 2. The molecule has 4 aliphatic rings. The van der Waals surface area contributed by atoms with Gasteiger partial charge in [-0.15, -0.1) is 11.8 Å². The van der Waals surface area contributed by atoms with Crippen molar-refractivity contribution in [2.24, 2.45) is 5.41 Å². The summed E-state index contributed by atoms with van der Waals surface area (Å²) in [7, 11) is 0. The van der Waals surface area contributed by atoms with E-state index in [1.54, 1.807) is 11.1 Å². The van der Waals surface area contributed by atoms with Gasteiger partial charge in [-0.3, -0.25) is 0 Å². The molecule has 0 saturated carbocycles. The molecular weight excluding hydrogens is 840 g/mol. The topological polar surface area (TPSA) is 6.48 Å². The molecule has 7 aromatic carbocycles. The van der Waals surface area contributed by atoms with Crippen LogP contribution >= 0.6 is 11.8 Å². The summed E-state index contributed by atoms with van der Waals surface area (Å²) in [5.41, 5.74) is 22.3. The Balaban J connectivity index is 1.21. The molecule has 7 aromatic rings. The smallest absolute Gasteiger partial charge is 0.233 e. The fourth-order valence-electron chi connectivity index (χ4n) is 12.3. The van der Waals surface area contributed by atoms with E-state index in [1.165, 1.54) is 107 Å². The van der Waals surface area contributed by atoms with E-state index in [-0.39, 0.29) is 45.0 Å². The third-order valence-electron chi connectivity index (χ3n) is 16.2. The molecular formula is C64H71BN2S. The molecule has 2 unspecified atom stereocenters. The Labute approximate surface area is 413 Å². The molecule has 2 nitrogen and oxygen atoms in total. The molecule has 0 aromatic heterocycles. The van der Waals surface area contributed by atoms with Gasteiger partial charge in [-0.25, -0.2) is 0 Å². The average Bonchev–Trinajstić information content (AvgIpc) is 3.64. The Hall–Kier alpha value is -5.19. The Morgan fingerprint density at radius 2 is 1.25 bits per heavy atom. The fraction of sp³-hybridized carbons (Fsp3) is 0.375. The van der Waals surface area contributed by atoms with E-state index in [4.69, 9.17) is 0 Å². The second-order valence-electron chi connectivity index (χ2n) is 25.6. The zero-order valence-corrected chi connectivity index (χ0v) is 44.1. The van der Waals surface area contributed by atoms with Crippen LogP contribution in [-0.4, -0.2) is 11.9 Å². The second-order valence-corrected chi connectivity index (χ2v) is 26.8. The van der Waals surface area contributed by atoms with Crippen LogP contribution in [0.25, 0.3) is 21.9 Å². The first-order valence-corrected chi connectivity index (χ1v) is 26.3. The number of anilines is 5. The maximum absolute atomic E-state index is 2.79. The predicted molar refractivity (Wildman–Crippen MR) is 297 cm³/mol. The van der Waals surface area contributed by atoms with Crippen LogP contribution in [0.4, 0.5) is 28.4 Å². The zero-order chi connectivity index (χ0) is 48.0. The van der Waals surface area contributed by atoms with Crippen molar-refractivity contribution in [2.45, 2.75) is 154 Å². The molecule has 2 atom stereocenters. The summed E-state index contributed by atoms with van der Waals surface area (Å²) < 4.78 is 0. The summed E-state index contributed by atoms with van der Waals surface area (Å²) in [5.74, 6) is 0. The van der Waals surface area contributed by atoms with Gasteiger partial charge in [0.25, 0.3) is 0 Å². The maximum Gasteiger partial charge on any atom is 0.233 e. The highest BCUT2D eigenvalue weighted by Gasteiger charge is 2.55. The van der Waals surface area contributed by atoms with Gasteiger partial charge in [-0.1, -0.05) is 163 Å². The molecule has 68 heavy (non-hydrogen) atoms. The average molecular weight is 911 g/mol. The Bertz CT molecular complexity index is 3170. The molecule has 0 radical (unpaired) electrons. The molecule has 0 spiro atoms. The van der Waals surface area contributed by atoms with E-state index >= 15 is 0 Å². The van der Waals surface area contributed by atoms with E-state index in [0.717, 1.165) is 6.42 Å². The van der Waals surface area contributed by atoms with E-state index in [2.05, 4.69) is 246 Å². The van der Waals surface area contributed by atoms with Crippen molar-refractivity contribution in [1.29, 1.82) is 0 Å². The second kappa shape index (κ2) is 15.4. The number of rotatable bonds is 4. The van der Waals surface area contributed by atoms with Gasteiger partial charge in [0.2, 0.25) is 6.71 Å². The largest absolute Gasteiger partial charge is 0.334 e. The van der Waals surface area contributed by atoms with E-state index in [9.17, 15) is 0 Å². The highest BCUT2D eigenvalue weighted by molar-refractivity contribution is 8.02. The van der Waals surface area contributed by atoms with Crippen molar-refractivity contribution in [3.05, 3.63) is 166 Å². The van der Waals surface area contributed by atoms with Crippen LogP contribution in [0.3, 0.4) is 0 Å². The first kappa shape index (κ1) is 45.3. The molecule has 0 amide bonds. The standard InChI is InChI=1S/C64H71BN2S/c1-39-31-54-57-55(32-39)67(52-28-24-45(62(8,9)10)35-47(52)43-21-20-41-17-15-16-18-42(41)34-43)53-33-40(38-60(2,3)4)19-27-51(53)65(57)59-58(66(54)46-25-22-44(23-26-46)61(5,6)7)48-36-49-50(37-56(48)68-59)64(13,14)30-29-63(49,11)12/h15-28,31-37,58-59H,29-30,38H2,1-14H3. The van der Waals surface area contributed by atoms with Gasteiger partial charge < -0.3 is 9.80 Å². The fourth-order valence-corrected chi connectivity index (χ4v) is 14.0. The monoisotopic (exact) mass is 911 g/mol. The molecule has 0 fully saturated rings. The Morgan fingerprint density at radius 3 is 1.93 bits per heavy atom. The van der Waals surface area contributed by atoms with Crippen molar-refractivity contribution >= 4 is 68.6 Å².